The van der Waals surface area contributed by atoms with Gasteiger partial charge in [0, 0.05) is 17.7 Å². The summed E-state index contributed by atoms with van der Waals surface area (Å²) in [6.45, 7) is 8.26. The lowest BCUT2D eigenvalue weighted by Crippen LogP contribution is -2.06. The van der Waals surface area contributed by atoms with Gasteiger partial charge in [-0.15, -0.1) is 0 Å². The SMILES string of the molecule is CCC(=O)c1ccc(C(C)C)n2nc(CC)cc12. The molecule has 0 bridgehead atoms. The van der Waals surface area contributed by atoms with Crippen LogP contribution in [-0.2, 0) is 6.42 Å². The number of aromatic nitrogens is 2. The lowest BCUT2D eigenvalue weighted by molar-refractivity contribution is 0.0989. The van der Waals surface area contributed by atoms with E-state index in [4.69, 9.17) is 0 Å². The highest BCUT2D eigenvalue weighted by Gasteiger charge is 2.15. The van der Waals surface area contributed by atoms with E-state index in [1.165, 1.54) is 0 Å². The van der Waals surface area contributed by atoms with Crippen LogP contribution in [0, 0.1) is 0 Å². The van der Waals surface area contributed by atoms with E-state index in [1.54, 1.807) is 0 Å². The standard InChI is InChI=1S/C15H20N2O/c1-5-11-9-14-12(15(18)6-2)7-8-13(10(3)4)17(14)16-11/h7-10H,5-6H2,1-4H3. The fraction of sp³-hybridized carbons (Fsp3) is 0.467. The Labute approximate surface area is 108 Å². The van der Waals surface area contributed by atoms with Crippen molar-refractivity contribution >= 4 is 11.3 Å². The Kier molecular flexibility index (Phi) is 3.50. The normalized spacial score (nSPS) is 11.4. The molecule has 0 aliphatic heterocycles. The molecule has 0 atom stereocenters. The van der Waals surface area contributed by atoms with Crippen molar-refractivity contribution in [3.63, 3.8) is 0 Å². The molecule has 0 amide bonds. The van der Waals surface area contributed by atoms with E-state index in [9.17, 15) is 4.79 Å². The van der Waals surface area contributed by atoms with Crippen molar-refractivity contribution < 1.29 is 4.79 Å². The number of carbonyl (C=O) groups excluding carboxylic acids is 1. The number of rotatable bonds is 4. The summed E-state index contributed by atoms with van der Waals surface area (Å²) >= 11 is 0. The van der Waals surface area contributed by atoms with Crippen molar-refractivity contribution in [2.45, 2.75) is 46.5 Å². The zero-order chi connectivity index (χ0) is 13.3. The molecule has 2 heterocycles. The van der Waals surface area contributed by atoms with Gasteiger partial charge in [-0.05, 0) is 30.5 Å². The van der Waals surface area contributed by atoms with E-state index in [-0.39, 0.29) is 5.78 Å². The first kappa shape index (κ1) is 12.8. The number of ketones is 1. The van der Waals surface area contributed by atoms with E-state index >= 15 is 0 Å². The minimum absolute atomic E-state index is 0.179. The molecule has 2 aromatic heterocycles. The summed E-state index contributed by atoms with van der Waals surface area (Å²) in [5.41, 5.74) is 3.92. The average Bonchev–Trinajstić information content (AvgIpc) is 2.80. The number of fused-ring (bicyclic) bond motifs is 1. The van der Waals surface area contributed by atoms with Gasteiger partial charge in [-0.2, -0.15) is 5.10 Å². The lowest BCUT2D eigenvalue weighted by atomic mass is 10.0. The first-order valence-corrected chi connectivity index (χ1v) is 6.63. The van der Waals surface area contributed by atoms with E-state index in [2.05, 4.69) is 25.9 Å². The Morgan fingerprint density at radius 3 is 2.61 bits per heavy atom. The van der Waals surface area contributed by atoms with Gasteiger partial charge < -0.3 is 0 Å². The molecule has 3 heteroatoms. The number of Topliss-reactive ketones (excluding diaryl/α,β-unsaturated/α-hetero) is 1. The summed E-state index contributed by atoms with van der Waals surface area (Å²) in [4.78, 5) is 12.0. The third kappa shape index (κ3) is 2.05. The minimum atomic E-state index is 0.179. The Balaban J connectivity index is 2.73. The van der Waals surface area contributed by atoms with E-state index in [0.29, 0.717) is 12.3 Å². The fourth-order valence-corrected chi connectivity index (χ4v) is 2.18. The monoisotopic (exact) mass is 244 g/mol. The Morgan fingerprint density at radius 1 is 1.33 bits per heavy atom. The molecule has 0 saturated heterocycles. The molecule has 0 aromatic carbocycles. The number of hydrogen-bond donors (Lipinski definition) is 0. The molecule has 18 heavy (non-hydrogen) atoms. The number of hydrogen-bond acceptors (Lipinski definition) is 2. The smallest absolute Gasteiger partial charge is 0.164 e. The van der Waals surface area contributed by atoms with Crippen LogP contribution in [0.3, 0.4) is 0 Å². The summed E-state index contributed by atoms with van der Waals surface area (Å²) in [5, 5.41) is 4.59. The molecule has 0 unspecified atom stereocenters. The molecule has 96 valence electrons. The molecule has 3 nitrogen and oxygen atoms in total. The third-order valence-corrected chi connectivity index (χ3v) is 3.28. The highest BCUT2D eigenvalue weighted by molar-refractivity contribution is 6.02. The zero-order valence-corrected chi connectivity index (χ0v) is 11.5. The number of pyridine rings is 1. The minimum Gasteiger partial charge on any atom is -0.294 e. The molecular formula is C15H20N2O. The van der Waals surface area contributed by atoms with Crippen molar-refractivity contribution in [2.24, 2.45) is 0 Å². The van der Waals surface area contributed by atoms with Crippen molar-refractivity contribution in [2.75, 3.05) is 0 Å². The van der Waals surface area contributed by atoms with E-state index < -0.39 is 0 Å². The van der Waals surface area contributed by atoms with Gasteiger partial charge in [0.25, 0.3) is 0 Å². The van der Waals surface area contributed by atoms with E-state index in [0.717, 1.165) is 28.9 Å². The molecule has 0 spiro atoms. The van der Waals surface area contributed by atoms with Crippen LogP contribution in [0.25, 0.3) is 5.52 Å². The molecule has 0 saturated carbocycles. The van der Waals surface area contributed by atoms with Crippen LogP contribution >= 0.6 is 0 Å². The highest BCUT2D eigenvalue weighted by atomic mass is 16.1. The van der Waals surface area contributed by atoms with Gasteiger partial charge in [0.1, 0.15) is 0 Å². The van der Waals surface area contributed by atoms with Crippen LogP contribution in [0.5, 0.6) is 0 Å². The van der Waals surface area contributed by atoms with Crippen LogP contribution in [-0.4, -0.2) is 15.4 Å². The van der Waals surface area contributed by atoms with Gasteiger partial charge in [-0.1, -0.05) is 27.7 Å². The summed E-state index contributed by atoms with van der Waals surface area (Å²) in [6.07, 6.45) is 1.42. The van der Waals surface area contributed by atoms with Gasteiger partial charge in [0.15, 0.2) is 5.78 Å². The zero-order valence-electron chi connectivity index (χ0n) is 11.5. The second-order valence-electron chi connectivity index (χ2n) is 4.89. The number of carbonyl (C=O) groups is 1. The maximum atomic E-state index is 12.0. The second kappa shape index (κ2) is 4.92. The van der Waals surface area contributed by atoms with Crippen LogP contribution in [0.4, 0.5) is 0 Å². The predicted molar refractivity (Wildman–Crippen MR) is 73.3 cm³/mol. The largest absolute Gasteiger partial charge is 0.294 e. The molecule has 2 rings (SSSR count). The van der Waals surface area contributed by atoms with Crippen LogP contribution in [0.2, 0.25) is 0 Å². The summed E-state index contributed by atoms with van der Waals surface area (Å²) in [6, 6.07) is 6.00. The molecular weight excluding hydrogens is 224 g/mol. The molecule has 0 aliphatic rings. The van der Waals surface area contributed by atoms with Gasteiger partial charge in [-0.25, -0.2) is 4.52 Å². The van der Waals surface area contributed by atoms with Crippen molar-refractivity contribution in [3.05, 3.63) is 35.2 Å². The van der Waals surface area contributed by atoms with Crippen molar-refractivity contribution in [1.29, 1.82) is 0 Å². The topological polar surface area (TPSA) is 34.4 Å². The van der Waals surface area contributed by atoms with Gasteiger partial charge in [-0.3, -0.25) is 4.79 Å². The predicted octanol–water partition coefficient (Wildman–Crippen LogP) is 3.61. The maximum Gasteiger partial charge on any atom is 0.164 e. The van der Waals surface area contributed by atoms with Crippen molar-refractivity contribution in [1.82, 2.24) is 9.61 Å². The van der Waals surface area contributed by atoms with Crippen LogP contribution in [0.15, 0.2) is 18.2 Å². The fourth-order valence-electron chi connectivity index (χ4n) is 2.18. The first-order chi connectivity index (χ1) is 8.58. The quantitative estimate of drug-likeness (QED) is 0.770. The summed E-state index contributed by atoms with van der Waals surface area (Å²) < 4.78 is 1.94. The number of nitrogens with zero attached hydrogens (tertiary/aromatic N) is 2. The summed E-state index contributed by atoms with van der Waals surface area (Å²) in [5.74, 6) is 0.570. The Hall–Kier alpha value is -1.64. The molecule has 0 fully saturated rings. The Bertz CT molecular complexity index is 581. The highest BCUT2D eigenvalue weighted by Crippen LogP contribution is 2.22. The van der Waals surface area contributed by atoms with Crippen LogP contribution < -0.4 is 0 Å². The van der Waals surface area contributed by atoms with E-state index in [1.807, 2.05) is 29.6 Å². The number of aryl methyl sites for hydroxylation is 1. The molecule has 0 radical (unpaired) electrons. The van der Waals surface area contributed by atoms with Gasteiger partial charge in [0.05, 0.1) is 11.2 Å². The van der Waals surface area contributed by atoms with Crippen LogP contribution in [0.1, 0.15) is 61.8 Å². The molecule has 0 aliphatic carbocycles. The Morgan fingerprint density at radius 2 is 2.06 bits per heavy atom. The first-order valence-electron chi connectivity index (χ1n) is 6.63. The van der Waals surface area contributed by atoms with Gasteiger partial charge in [0.2, 0.25) is 0 Å². The second-order valence-corrected chi connectivity index (χ2v) is 4.89. The molecule has 0 N–H and O–H groups in total. The lowest BCUT2D eigenvalue weighted by Gasteiger charge is -2.10. The summed E-state index contributed by atoms with van der Waals surface area (Å²) in [7, 11) is 0. The average molecular weight is 244 g/mol. The van der Waals surface area contributed by atoms with Gasteiger partial charge >= 0.3 is 0 Å². The maximum absolute atomic E-state index is 12.0. The molecule has 2 aromatic rings. The van der Waals surface area contributed by atoms with Crippen molar-refractivity contribution in [3.8, 4) is 0 Å². The third-order valence-electron chi connectivity index (χ3n) is 3.28.